The van der Waals surface area contributed by atoms with Crippen LogP contribution in [-0.4, -0.2) is 14.7 Å². The minimum atomic E-state index is -3.15. The number of halogens is 1. The highest BCUT2D eigenvalue weighted by Crippen LogP contribution is 1.71. The van der Waals surface area contributed by atoms with Crippen molar-refractivity contribution >= 4 is 21.8 Å². The third-order valence-electron chi connectivity index (χ3n) is 0.140. The summed E-state index contributed by atoms with van der Waals surface area (Å²) < 4.78 is 21.1. The first-order valence-corrected chi connectivity index (χ1v) is 3.40. The summed E-state index contributed by atoms with van der Waals surface area (Å²) in [7, 11) is -3.15. The molecule has 38 valence electrons. The van der Waals surface area contributed by atoms with Crippen LogP contribution in [0.5, 0.6) is 0 Å². The maximum absolute atomic E-state index is 9.76. The van der Waals surface area contributed by atoms with E-state index < -0.39 is 10.0 Å². The van der Waals surface area contributed by atoms with Crippen molar-refractivity contribution in [2.75, 3.05) is 6.26 Å². The van der Waals surface area contributed by atoms with Crippen molar-refractivity contribution in [1.29, 1.82) is 0 Å². The zero-order valence-electron chi connectivity index (χ0n) is 4.10. The van der Waals surface area contributed by atoms with Crippen LogP contribution in [0.4, 0.5) is 0 Å². The van der Waals surface area contributed by atoms with Gasteiger partial charge in [-0.1, -0.05) is 0 Å². The van der Waals surface area contributed by atoms with Crippen molar-refractivity contribution in [3.63, 3.8) is 0 Å². The summed E-state index contributed by atoms with van der Waals surface area (Å²) in [6.45, 7) is 0. The lowest BCUT2D eigenvalue weighted by atomic mass is 12.0. The molecule has 0 saturated carbocycles. The summed E-state index contributed by atoms with van der Waals surface area (Å²) in [4.78, 5) is 0. The monoisotopic (exact) mass is 130 g/mol. The molecule has 3 nitrogen and oxygen atoms in total. The minimum Gasteiger partial charge on any atom is -0.212 e. The molecule has 0 aliphatic rings. The van der Waals surface area contributed by atoms with E-state index in [9.17, 15) is 8.42 Å². The molecule has 0 saturated heterocycles. The van der Waals surface area contributed by atoms with Crippen molar-refractivity contribution in [2.45, 2.75) is 0 Å². The van der Waals surface area contributed by atoms with Gasteiger partial charge in [0.2, 0.25) is 10.0 Å². The molecule has 0 atom stereocenters. The molecule has 0 spiro atoms. The molecule has 0 radical (unpaired) electrons. The lowest BCUT2D eigenvalue weighted by Gasteiger charge is -1.82. The number of sulfonamides is 1. The first-order valence-electron chi connectivity index (χ1n) is 1.13. The molecule has 0 aromatic carbocycles. The van der Waals surface area contributed by atoms with Gasteiger partial charge in [-0.2, -0.15) is 0 Å². The second-order valence-electron chi connectivity index (χ2n) is 0.849. The maximum atomic E-state index is 9.76. The Morgan fingerprint density at radius 3 is 2.00 bits per heavy atom. The van der Waals surface area contributed by atoms with Crippen molar-refractivity contribution < 1.29 is 9.84 Å². The number of nitrogens with one attached hydrogen (secondary N) is 1. The Bertz CT molecular complexity index is 120. The molecule has 0 heterocycles. The molecule has 0 bridgehead atoms. The molecule has 0 aliphatic heterocycles. The fraction of sp³-hybridized carbons (Fsp3) is 1.00. The van der Waals surface area contributed by atoms with Crippen LogP contribution in [0.2, 0.25) is 0 Å². The average molecular weight is 131 g/mol. The summed E-state index contributed by atoms with van der Waals surface area (Å²) >= 11 is 4.64. The Morgan fingerprint density at radius 2 is 2.00 bits per heavy atom. The van der Waals surface area contributed by atoms with Gasteiger partial charge in [0, 0.05) is 0 Å². The third kappa shape index (κ3) is 4.20. The minimum absolute atomic E-state index is 0. The van der Waals surface area contributed by atoms with Crippen LogP contribution in [0, 0.1) is 0 Å². The molecule has 0 rings (SSSR count). The summed E-state index contributed by atoms with van der Waals surface area (Å²) in [5.74, 6) is 0. The zero-order chi connectivity index (χ0) is 5.21. The van der Waals surface area contributed by atoms with E-state index in [1.807, 2.05) is 0 Å². The Labute approximate surface area is 42.9 Å². The lowest BCUT2D eigenvalue weighted by Crippen LogP contribution is -2.09. The predicted molar refractivity (Wildman–Crippen MR) is 24.9 cm³/mol. The molecule has 5 heteroatoms. The summed E-state index contributed by atoms with van der Waals surface area (Å²) in [5, 5.41) is 0. The van der Waals surface area contributed by atoms with E-state index in [0.29, 0.717) is 0 Å². The van der Waals surface area contributed by atoms with Crippen LogP contribution in [0.1, 0.15) is 1.43 Å². The summed E-state index contributed by atoms with van der Waals surface area (Å²) in [6.07, 6.45) is 0.972. The average Bonchev–Trinajstić information content (AvgIpc) is 1.35. The van der Waals surface area contributed by atoms with Crippen LogP contribution in [0.3, 0.4) is 0 Å². The first kappa shape index (κ1) is 6.20. The second kappa shape index (κ2) is 1.77. The number of hydrogen-bond donors (Lipinski definition) is 1. The van der Waals surface area contributed by atoms with E-state index in [1.54, 1.807) is 4.24 Å². The molecule has 1 N–H and O–H groups in total. The molecular weight excluding hydrogens is 126 g/mol. The van der Waals surface area contributed by atoms with Gasteiger partial charge < -0.3 is 0 Å². The summed E-state index contributed by atoms with van der Waals surface area (Å²) in [5.41, 5.74) is 0. The Kier molecular flexibility index (Phi) is 1.83. The normalized spacial score (nSPS) is 11.7. The number of rotatable bonds is 1. The van der Waals surface area contributed by atoms with E-state index in [1.165, 1.54) is 0 Å². The summed E-state index contributed by atoms with van der Waals surface area (Å²) in [6, 6.07) is 0. The van der Waals surface area contributed by atoms with Crippen molar-refractivity contribution in [3.8, 4) is 0 Å². The van der Waals surface area contributed by atoms with Gasteiger partial charge in [0.1, 0.15) is 0 Å². The van der Waals surface area contributed by atoms with Crippen LogP contribution in [0.15, 0.2) is 0 Å². The quantitative estimate of drug-likeness (QED) is 0.500. The van der Waals surface area contributed by atoms with Crippen LogP contribution < -0.4 is 4.24 Å². The molecule has 0 unspecified atom stereocenters. The lowest BCUT2D eigenvalue weighted by molar-refractivity contribution is 0.600. The van der Waals surface area contributed by atoms with Gasteiger partial charge in [0.05, 0.1) is 6.26 Å². The van der Waals surface area contributed by atoms with Gasteiger partial charge in [0.25, 0.3) is 0 Å². The molecule has 0 amide bonds. The van der Waals surface area contributed by atoms with Gasteiger partial charge in [0.15, 0.2) is 0 Å². The molecule has 0 aliphatic carbocycles. The van der Waals surface area contributed by atoms with Crippen LogP contribution >= 0.6 is 11.8 Å². The smallest absolute Gasteiger partial charge is 0.212 e. The Morgan fingerprint density at radius 1 is 1.83 bits per heavy atom. The standard InChI is InChI=1S/CH4ClNO2S/c1-6(4,5)3-2/h3H,1H3/p+1. The largest absolute Gasteiger partial charge is 1.00 e. The predicted octanol–water partition coefficient (Wildman–Crippen LogP) is -0.198. The van der Waals surface area contributed by atoms with Gasteiger partial charge in [-0.05, 0) is 11.8 Å². The van der Waals surface area contributed by atoms with E-state index in [-0.39, 0.29) is 1.43 Å². The molecule has 0 aromatic rings. The molecule has 0 fully saturated rings. The molecule has 6 heavy (non-hydrogen) atoms. The highest BCUT2D eigenvalue weighted by atomic mass is 35.5. The fourth-order valence-electron chi connectivity index (χ4n) is 0. The fourth-order valence-corrected chi connectivity index (χ4v) is 0. The van der Waals surface area contributed by atoms with Gasteiger partial charge in [-0.15, -0.1) is 4.24 Å². The van der Waals surface area contributed by atoms with E-state index in [4.69, 9.17) is 0 Å². The zero-order valence-corrected chi connectivity index (χ0v) is 4.68. The van der Waals surface area contributed by atoms with Gasteiger partial charge >= 0.3 is 1.43 Å². The Balaban J connectivity index is 0. The van der Waals surface area contributed by atoms with Gasteiger partial charge in [-0.3, -0.25) is 0 Å². The van der Waals surface area contributed by atoms with E-state index in [0.717, 1.165) is 6.26 Å². The van der Waals surface area contributed by atoms with Crippen molar-refractivity contribution in [3.05, 3.63) is 0 Å². The Hall–Kier alpha value is 0.200. The second-order valence-corrected chi connectivity index (χ2v) is 3.01. The third-order valence-corrected chi connectivity index (χ3v) is 1.26. The maximum Gasteiger partial charge on any atom is 1.00 e. The molecular formula is CH5ClNO2S+. The molecule has 0 aromatic heterocycles. The van der Waals surface area contributed by atoms with Gasteiger partial charge in [-0.25, -0.2) is 8.42 Å². The van der Waals surface area contributed by atoms with Crippen LogP contribution in [0.25, 0.3) is 0 Å². The van der Waals surface area contributed by atoms with E-state index in [2.05, 4.69) is 11.8 Å². The SMILES string of the molecule is CS(=O)(=O)NCl.[H+]. The van der Waals surface area contributed by atoms with Crippen LogP contribution in [-0.2, 0) is 10.0 Å². The first-order chi connectivity index (χ1) is 2.56. The highest BCUT2D eigenvalue weighted by Gasteiger charge is 1.90. The highest BCUT2D eigenvalue weighted by molar-refractivity contribution is 7.89. The topological polar surface area (TPSA) is 46.2 Å². The van der Waals surface area contributed by atoms with Crippen molar-refractivity contribution in [2.24, 2.45) is 0 Å². The van der Waals surface area contributed by atoms with E-state index >= 15 is 0 Å². The van der Waals surface area contributed by atoms with Crippen molar-refractivity contribution in [1.82, 2.24) is 4.24 Å². The number of hydrogen-bond acceptors (Lipinski definition) is 2.